The third kappa shape index (κ3) is 4.74. The first-order valence-corrected chi connectivity index (χ1v) is 13.2. The molecular weight excluding hydrogens is 494 g/mol. The lowest BCUT2D eigenvalue weighted by molar-refractivity contribution is -0.120. The van der Waals surface area contributed by atoms with Crippen molar-refractivity contribution in [1.82, 2.24) is 14.0 Å². The van der Waals surface area contributed by atoms with Gasteiger partial charge < -0.3 is 14.4 Å². The Morgan fingerprint density at radius 1 is 1.00 bits per heavy atom. The molecule has 4 heterocycles. The summed E-state index contributed by atoms with van der Waals surface area (Å²) in [4.78, 5) is 27.2. The largest absolute Gasteiger partial charge is 0.493 e. The van der Waals surface area contributed by atoms with Crippen LogP contribution in [0.3, 0.4) is 0 Å². The minimum atomic E-state index is -0.536. The monoisotopic (exact) mass is 525 g/mol. The van der Waals surface area contributed by atoms with Crippen LogP contribution < -0.4 is 10.3 Å². The maximum Gasteiger partial charge on any atom is 0.302 e. The highest BCUT2D eigenvalue weighted by atomic mass is 16.5. The van der Waals surface area contributed by atoms with Gasteiger partial charge in [-0.1, -0.05) is 42.5 Å². The molecule has 4 aromatic rings. The second-order valence-electron chi connectivity index (χ2n) is 10.6. The predicted molar refractivity (Wildman–Crippen MR) is 148 cm³/mol. The number of aromatic hydroxyl groups is 1. The average Bonchev–Trinajstić information content (AvgIpc) is 3.18. The maximum atomic E-state index is 12.5. The molecule has 1 fully saturated rings. The number of hydrogen-bond acceptors (Lipinski definition) is 6. The molecule has 0 radical (unpaired) electrons. The number of amides is 1. The molecule has 1 amide bonds. The highest BCUT2D eigenvalue weighted by Gasteiger charge is 2.35. The number of carbonyl (C=O) groups excluding carboxylic acids is 1. The summed E-state index contributed by atoms with van der Waals surface area (Å²) in [7, 11) is 0. The molecule has 0 saturated carbocycles. The molecule has 2 atom stereocenters. The number of para-hydroxylation sites is 2. The number of benzene rings is 2. The third-order valence-electron chi connectivity index (χ3n) is 7.82. The van der Waals surface area contributed by atoms with E-state index in [1.807, 2.05) is 77.6 Å². The maximum absolute atomic E-state index is 12.5. The zero-order chi connectivity index (χ0) is 27.1. The van der Waals surface area contributed by atoms with Crippen molar-refractivity contribution in [2.75, 3.05) is 19.7 Å². The molecule has 2 aliphatic rings. The smallest absolute Gasteiger partial charge is 0.302 e. The number of ether oxygens (including phenoxy) is 1. The number of nitrogens with zero attached hydrogens (tertiary/aromatic N) is 5. The standard InChI is InChI=1S/C30H31N5O4/c1-19-7-5-8-20(2)29(19)39-17-26(36)31-32-28-23-9-3-4-10-25(23)35(30(28)38)18-33-14-21-13-22(16-33)24-11-6-12-27(37)34(24)15-21/h3-12,21-22,38H,13-18H2,1-2H3/t21-,22-/m1/s1. The van der Waals surface area contributed by atoms with E-state index < -0.39 is 5.91 Å². The van der Waals surface area contributed by atoms with Crippen molar-refractivity contribution < 1.29 is 14.6 Å². The van der Waals surface area contributed by atoms with Gasteiger partial charge in [0.2, 0.25) is 5.88 Å². The number of likely N-dealkylation sites (tertiary alicyclic amines) is 1. The average molecular weight is 526 g/mol. The Labute approximate surface area is 226 Å². The normalized spacial score (nSPS) is 18.9. The summed E-state index contributed by atoms with van der Waals surface area (Å²) < 4.78 is 9.45. The Morgan fingerprint density at radius 3 is 2.59 bits per heavy atom. The van der Waals surface area contributed by atoms with E-state index in [-0.39, 0.29) is 29.7 Å². The van der Waals surface area contributed by atoms with Gasteiger partial charge >= 0.3 is 5.91 Å². The molecule has 0 spiro atoms. The first-order chi connectivity index (χ1) is 18.9. The summed E-state index contributed by atoms with van der Waals surface area (Å²) in [6.45, 7) is 6.41. The summed E-state index contributed by atoms with van der Waals surface area (Å²) in [5, 5.41) is 20.0. The Balaban J connectivity index is 1.22. The van der Waals surface area contributed by atoms with Crippen LogP contribution in [0.5, 0.6) is 11.6 Å². The van der Waals surface area contributed by atoms with Crippen LogP contribution in [0.2, 0.25) is 0 Å². The Morgan fingerprint density at radius 2 is 1.77 bits per heavy atom. The minimum Gasteiger partial charge on any atom is -0.493 e. The summed E-state index contributed by atoms with van der Waals surface area (Å²) in [6.07, 6.45) is 1.06. The van der Waals surface area contributed by atoms with Gasteiger partial charge in [-0.15, -0.1) is 10.2 Å². The van der Waals surface area contributed by atoms with Gasteiger partial charge in [-0.25, -0.2) is 0 Å². The van der Waals surface area contributed by atoms with E-state index in [0.717, 1.165) is 47.2 Å². The molecule has 1 saturated heterocycles. The van der Waals surface area contributed by atoms with Gasteiger partial charge in [0, 0.05) is 42.7 Å². The van der Waals surface area contributed by atoms with Crippen molar-refractivity contribution in [3.63, 3.8) is 0 Å². The second-order valence-corrected chi connectivity index (χ2v) is 10.6. The molecule has 2 aliphatic heterocycles. The van der Waals surface area contributed by atoms with E-state index in [2.05, 4.69) is 15.1 Å². The number of aryl methyl sites for hydroxylation is 2. The van der Waals surface area contributed by atoms with Gasteiger partial charge in [-0.05, 0) is 49.4 Å². The Bertz CT molecular complexity index is 1630. The van der Waals surface area contributed by atoms with E-state index in [4.69, 9.17) is 4.74 Å². The van der Waals surface area contributed by atoms with Gasteiger partial charge in [-0.2, -0.15) is 0 Å². The van der Waals surface area contributed by atoms with Crippen LogP contribution in [0.25, 0.3) is 10.9 Å². The quantitative estimate of drug-likeness (QED) is 0.361. The van der Waals surface area contributed by atoms with E-state index >= 15 is 0 Å². The fraction of sp³-hybridized carbons (Fsp3) is 0.333. The predicted octanol–water partition coefficient (Wildman–Crippen LogP) is 4.89. The topological polar surface area (TPSA) is 101 Å². The summed E-state index contributed by atoms with van der Waals surface area (Å²) in [5.41, 5.74) is 4.11. The van der Waals surface area contributed by atoms with Crippen LogP contribution in [0, 0.1) is 19.8 Å². The first-order valence-electron chi connectivity index (χ1n) is 13.2. The highest BCUT2D eigenvalue weighted by molar-refractivity contribution is 5.95. The number of rotatable bonds is 6. The van der Waals surface area contributed by atoms with Crippen molar-refractivity contribution in [3.8, 4) is 11.6 Å². The molecule has 39 heavy (non-hydrogen) atoms. The number of hydrogen-bond donors (Lipinski definition) is 1. The van der Waals surface area contributed by atoms with Crippen molar-refractivity contribution >= 4 is 22.5 Å². The summed E-state index contributed by atoms with van der Waals surface area (Å²) >= 11 is 0. The van der Waals surface area contributed by atoms with Gasteiger partial charge in [-0.3, -0.25) is 19.1 Å². The fourth-order valence-electron chi connectivity index (χ4n) is 6.12. The zero-order valence-electron chi connectivity index (χ0n) is 22.1. The van der Waals surface area contributed by atoms with Crippen LogP contribution in [0.1, 0.15) is 29.2 Å². The fourth-order valence-corrected chi connectivity index (χ4v) is 6.12. The highest BCUT2D eigenvalue weighted by Crippen LogP contribution is 2.40. The molecule has 200 valence electrons. The number of fused-ring (bicyclic) bond motifs is 5. The molecule has 0 unspecified atom stereocenters. The molecule has 2 aromatic carbocycles. The molecular formula is C30H31N5O4. The zero-order valence-corrected chi connectivity index (χ0v) is 22.1. The van der Waals surface area contributed by atoms with Crippen LogP contribution >= 0.6 is 0 Å². The Hall–Kier alpha value is -4.24. The van der Waals surface area contributed by atoms with Crippen molar-refractivity contribution in [3.05, 3.63) is 87.8 Å². The van der Waals surface area contributed by atoms with Gasteiger partial charge in [0.05, 0.1) is 12.2 Å². The van der Waals surface area contributed by atoms with Crippen molar-refractivity contribution in [2.24, 2.45) is 16.1 Å². The van der Waals surface area contributed by atoms with Crippen molar-refractivity contribution in [2.45, 2.75) is 39.4 Å². The van der Waals surface area contributed by atoms with Crippen LogP contribution in [-0.2, 0) is 18.0 Å². The molecule has 0 aliphatic carbocycles. The number of piperidine rings is 1. The molecule has 6 rings (SSSR count). The number of pyridine rings is 1. The van der Waals surface area contributed by atoms with E-state index in [9.17, 15) is 14.7 Å². The van der Waals surface area contributed by atoms with Crippen LogP contribution in [-0.4, -0.2) is 44.7 Å². The SMILES string of the molecule is Cc1cccc(C)c1OCC(=O)N=Nc1c(O)n(CN2C[C@H]3C[C@H](C2)c2cccc(=O)n2C3)c2ccccc12. The number of carbonyl (C=O) groups is 1. The van der Waals surface area contributed by atoms with E-state index in [1.165, 1.54) is 0 Å². The van der Waals surface area contributed by atoms with Gasteiger partial charge in [0.25, 0.3) is 5.56 Å². The lowest BCUT2D eigenvalue weighted by atomic mass is 9.83. The summed E-state index contributed by atoms with van der Waals surface area (Å²) in [6, 6.07) is 18.9. The Kier molecular flexibility index (Phi) is 6.52. The third-order valence-corrected chi connectivity index (χ3v) is 7.82. The van der Waals surface area contributed by atoms with Crippen LogP contribution in [0.15, 0.2) is 75.7 Å². The van der Waals surface area contributed by atoms with E-state index in [1.54, 1.807) is 6.07 Å². The molecule has 2 bridgehead atoms. The molecule has 1 N–H and O–H groups in total. The van der Waals surface area contributed by atoms with E-state index in [0.29, 0.717) is 24.9 Å². The van der Waals surface area contributed by atoms with Gasteiger partial charge in [0.15, 0.2) is 12.3 Å². The second kappa shape index (κ2) is 10.1. The number of aromatic nitrogens is 2. The lowest BCUT2D eigenvalue weighted by Crippen LogP contribution is -2.47. The molecule has 9 nitrogen and oxygen atoms in total. The lowest BCUT2D eigenvalue weighted by Gasteiger charge is -2.42. The van der Waals surface area contributed by atoms with Gasteiger partial charge in [0.1, 0.15) is 5.75 Å². The number of azo groups is 1. The molecule has 2 aromatic heterocycles. The first kappa shape index (κ1) is 25.1. The van der Waals surface area contributed by atoms with Crippen molar-refractivity contribution in [1.29, 1.82) is 0 Å². The minimum absolute atomic E-state index is 0.0317. The summed E-state index contributed by atoms with van der Waals surface area (Å²) in [5.74, 6) is 0.736. The van der Waals surface area contributed by atoms with Crippen LogP contribution in [0.4, 0.5) is 5.69 Å². The molecule has 9 heteroatoms.